The highest BCUT2D eigenvalue weighted by Crippen LogP contribution is 2.33. The quantitative estimate of drug-likeness (QED) is 0.572. The van der Waals surface area contributed by atoms with Crippen molar-refractivity contribution in [3.63, 3.8) is 0 Å². The average molecular weight is 345 g/mol. The van der Waals surface area contributed by atoms with Crippen LogP contribution < -0.4 is 0 Å². The predicted octanol–water partition coefficient (Wildman–Crippen LogP) is 6.80. The highest BCUT2D eigenvalue weighted by atomic mass is 19.1. The van der Waals surface area contributed by atoms with Crippen molar-refractivity contribution < 1.29 is 13.2 Å². The standard InChI is InChI=1S/C22H24F3/c1-14-3-6-16(7-4-14)8-9-17-11-20(24)22(21(25)12-17)18-10-5-15(2)19(23)13-18/h5,10-13,16H,3-4,6-9H2,1-2H3. The van der Waals surface area contributed by atoms with Crippen LogP contribution in [0, 0.1) is 36.2 Å². The van der Waals surface area contributed by atoms with E-state index in [1.165, 1.54) is 43.9 Å². The predicted molar refractivity (Wildman–Crippen MR) is 95.7 cm³/mol. The van der Waals surface area contributed by atoms with Gasteiger partial charge in [-0.2, -0.15) is 0 Å². The van der Waals surface area contributed by atoms with Crippen LogP contribution in [0.5, 0.6) is 0 Å². The van der Waals surface area contributed by atoms with Crippen LogP contribution in [0.2, 0.25) is 0 Å². The molecule has 133 valence electrons. The van der Waals surface area contributed by atoms with E-state index < -0.39 is 17.5 Å². The summed E-state index contributed by atoms with van der Waals surface area (Å²) in [5, 5.41) is 0. The summed E-state index contributed by atoms with van der Waals surface area (Å²) in [7, 11) is 0. The molecule has 0 N–H and O–H groups in total. The number of hydrogen-bond acceptors (Lipinski definition) is 0. The second-order valence-electron chi connectivity index (χ2n) is 7.34. The van der Waals surface area contributed by atoms with Gasteiger partial charge in [0.1, 0.15) is 17.5 Å². The number of hydrogen-bond donors (Lipinski definition) is 0. The summed E-state index contributed by atoms with van der Waals surface area (Å²) >= 11 is 0. The SMILES string of the molecule is C[C]1CCC(CCc2cc(F)c(-c3ccc(C)c(F)c3)c(F)c2)CC1. The Kier molecular flexibility index (Phi) is 5.51. The lowest BCUT2D eigenvalue weighted by molar-refractivity contribution is 0.358. The molecule has 1 radical (unpaired) electrons. The van der Waals surface area contributed by atoms with Gasteiger partial charge in [-0.3, -0.25) is 0 Å². The highest BCUT2D eigenvalue weighted by molar-refractivity contribution is 5.65. The monoisotopic (exact) mass is 345 g/mol. The molecule has 3 rings (SSSR count). The van der Waals surface area contributed by atoms with E-state index in [1.54, 1.807) is 25.0 Å². The van der Waals surface area contributed by atoms with E-state index >= 15 is 0 Å². The molecule has 1 aliphatic carbocycles. The van der Waals surface area contributed by atoms with E-state index in [0.29, 0.717) is 23.5 Å². The van der Waals surface area contributed by atoms with Crippen molar-refractivity contribution in [1.82, 2.24) is 0 Å². The lowest BCUT2D eigenvalue weighted by atomic mass is 9.80. The lowest BCUT2D eigenvalue weighted by Gasteiger charge is -2.25. The number of rotatable bonds is 4. The largest absolute Gasteiger partial charge is 0.207 e. The molecule has 0 amide bonds. The van der Waals surface area contributed by atoms with Crippen LogP contribution >= 0.6 is 0 Å². The first kappa shape index (κ1) is 18.0. The normalized spacial score (nSPS) is 16.4. The Labute approximate surface area is 148 Å². The summed E-state index contributed by atoms with van der Waals surface area (Å²) in [6.07, 6.45) is 6.34. The van der Waals surface area contributed by atoms with Gasteiger partial charge in [-0.1, -0.05) is 19.1 Å². The topological polar surface area (TPSA) is 0 Å². The molecule has 0 saturated heterocycles. The van der Waals surface area contributed by atoms with Crippen molar-refractivity contribution in [2.45, 2.75) is 52.4 Å². The minimum atomic E-state index is -0.619. The lowest BCUT2D eigenvalue weighted by Crippen LogP contribution is -2.12. The van der Waals surface area contributed by atoms with E-state index in [-0.39, 0.29) is 11.1 Å². The van der Waals surface area contributed by atoms with Crippen LogP contribution in [0.25, 0.3) is 11.1 Å². The molecule has 0 spiro atoms. The first-order valence-corrected chi connectivity index (χ1v) is 9.00. The molecular weight excluding hydrogens is 321 g/mol. The molecule has 0 unspecified atom stereocenters. The smallest absolute Gasteiger partial charge is 0.134 e. The Balaban J connectivity index is 1.74. The average Bonchev–Trinajstić information content (AvgIpc) is 2.57. The fourth-order valence-electron chi connectivity index (χ4n) is 3.62. The van der Waals surface area contributed by atoms with Crippen LogP contribution in [-0.4, -0.2) is 0 Å². The second-order valence-corrected chi connectivity index (χ2v) is 7.34. The molecule has 0 bridgehead atoms. The first-order chi connectivity index (χ1) is 11.9. The van der Waals surface area contributed by atoms with Gasteiger partial charge in [0.2, 0.25) is 0 Å². The molecule has 0 aromatic heterocycles. The van der Waals surface area contributed by atoms with Gasteiger partial charge in [-0.25, -0.2) is 13.2 Å². The van der Waals surface area contributed by atoms with Crippen molar-refractivity contribution in [2.75, 3.05) is 0 Å². The third kappa shape index (κ3) is 4.26. The summed E-state index contributed by atoms with van der Waals surface area (Å²) in [4.78, 5) is 0. The molecular formula is C22H24F3. The zero-order valence-corrected chi connectivity index (χ0v) is 14.8. The van der Waals surface area contributed by atoms with Crippen LogP contribution in [0.4, 0.5) is 13.2 Å². The molecule has 25 heavy (non-hydrogen) atoms. The van der Waals surface area contributed by atoms with Gasteiger partial charge in [-0.05, 0) is 92.2 Å². The highest BCUT2D eigenvalue weighted by Gasteiger charge is 2.19. The molecule has 1 saturated carbocycles. The zero-order valence-electron chi connectivity index (χ0n) is 14.8. The van der Waals surface area contributed by atoms with Gasteiger partial charge >= 0.3 is 0 Å². The van der Waals surface area contributed by atoms with Crippen molar-refractivity contribution in [2.24, 2.45) is 5.92 Å². The maximum atomic E-state index is 14.5. The third-order valence-electron chi connectivity index (χ3n) is 5.36. The Hall–Kier alpha value is -1.77. The number of aryl methyl sites for hydroxylation is 2. The Morgan fingerprint density at radius 2 is 1.52 bits per heavy atom. The maximum absolute atomic E-state index is 14.5. The van der Waals surface area contributed by atoms with Crippen LogP contribution in [0.15, 0.2) is 30.3 Å². The minimum absolute atomic E-state index is 0.148. The summed E-state index contributed by atoms with van der Waals surface area (Å²) < 4.78 is 42.7. The second kappa shape index (κ2) is 7.63. The fraction of sp³-hybridized carbons (Fsp3) is 0.409. The number of halogens is 3. The number of benzene rings is 2. The van der Waals surface area contributed by atoms with Crippen LogP contribution in [0.1, 0.15) is 50.2 Å². The molecule has 1 aliphatic rings. The summed E-state index contributed by atoms with van der Waals surface area (Å²) in [5.74, 6) is 0.505. The third-order valence-corrected chi connectivity index (χ3v) is 5.36. The van der Waals surface area contributed by atoms with Crippen molar-refractivity contribution >= 4 is 0 Å². The van der Waals surface area contributed by atoms with Crippen LogP contribution in [-0.2, 0) is 6.42 Å². The molecule has 0 aliphatic heterocycles. The van der Waals surface area contributed by atoms with Gasteiger partial charge in [0.25, 0.3) is 0 Å². The molecule has 0 atom stereocenters. The summed E-state index contributed by atoms with van der Waals surface area (Å²) in [6, 6.07) is 7.09. The van der Waals surface area contributed by atoms with Gasteiger partial charge in [-0.15, -0.1) is 0 Å². The van der Waals surface area contributed by atoms with Gasteiger partial charge < -0.3 is 0 Å². The summed E-state index contributed by atoms with van der Waals surface area (Å²) in [5.41, 5.74) is 1.23. The van der Waals surface area contributed by atoms with Gasteiger partial charge in [0.05, 0.1) is 5.56 Å². The maximum Gasteiger partial charge on any atom is 0.134 e. The Morgan fingerprint density at radius 1 is 0.880 bits per heavy atom. The minimum Gasteiger partial charge on any atom is -0.207 e. The van der Waals surface area contributed by atoms with E-state index in [1.807, 2.05) is 0 Å². The molecule has 0 nitrogen and oxygen atoms in total. The molecule has 0 heterocycles. The summed E-state index contributed by atoms with van der Waals surface area (Å²) in [6.45, 7) is 3.83. The molecule has 2 aromatic carbocycles. The molecule has 2 aromatic rings. The van der Waals surface area contributed by atoms with E-state index in [9.17, 15) is 13.2 Å². The van der Waals surface area contributed by atoms with E-state index in [0.717, 1.165) is 6.42 Å². The van der Waals surface area contributed by atoms with Crippen molar-refractivity contribution in [1.29, 1.82) is 0 Å². The van der Waals surface area contributed by atoms with Gasteiger partial charge in [0.15, 0.2) is 0 Å². The van der Waals surface area contributed by atoms with Gasteiger partial charge in [0, 0.05) is 0 Å². The van der Waals surface area contributed by atoms with Crippen molar-refractivity contribution in [3.05, 3.63) is 64.8 Å². The van der Waals surface area contributed by atoms with E-state index in [4.69, 9.17) is 0 Å². The zero-order chi connectivity index (χ0) is 18.0. The van der Waals surface area contributed by atoms with E-state index in [2.05, 4.69) is 6.92 Å². The fourth-order valence-corrected chi connectivity index (χ4v) is 3.62. The van der Waals surface area contributed by atoms with Crippen molar-refractivity contribution in [3.8, 4) is 11.1 Å². The Morgan fingerprint density at radius 3 is 2.12 bits per heavy atom. The molecule has 1 fully saturated rings. The first-order valence-electron chi connectivity index (χ1n) is 9.00. The molecule has 3 heteroatoms. The Bertz CT molecular complexity index is 720. The van der Waals surface area contributed by atoms with Crippen LogP contribution in [0.3, 0.4) is 0 Å².